The van der Waals surface area contributed by atoms with E-state index in [-0.39, 0.29) is 0 Å². The molecule has 0 aliphatic heterocycles. The number of nitrogens with zero attached hydrogens (tertiary/aromatic N) is 6. The van der Waals surface area contributed by atoms with Crippen LogP contribution in [0.3, 0.4) is 0 Å². The van der Waals surface area contributed by atoms with Gasteiger partial charge in [-0.05, 0) is 25.5 Å². The van der Waals surface area contributed by atoms with E-state index in [0.717, 1.165) is 42.5 Å². The number of rotatable bonds is 6. The van der Waals surface area contributed by atoms with Crippen LogP contribution in [0.25, 0.3) is 5.65 Å². The van der Waals surface area contributed by atoms with Crippen molar-refractivity contribution in [1.82, 2.24) is 30.0 Å². The molecule has 3 aromatic heterocycles. The average Bonchev–Trinajstić information content (AvgIpc) is 3.11. The lowest BCUT2D eigenvalue weighted by molar-refractivity contribution is 0.369. The lowest BCUT2D eigenvalue weighted by Gasteiger charge is -2.04. The molecule has 3 rings (SSSR count). The lowest BCUT2D eigenvalue weighted by Crippen LogP contribution is -2.07. The van der Waals surface area contributed by atoms with Crippen molar-refractivity contribution in [1.29, 1.82) is 0 Å². The van der Waals surface area contributed by atoms with Gasteiger partial charge >= 0.3 is 0 Å². The summed E-state index contributed by atoms with van der Waals surface area (Å²) in [4.78, 5) is 4.36. The van der Waals surface area contributed by atoms with E-state index in [1.165, 1.54) is 0 Å². The fraction of sp³-hybridized carbons (Fsp3) is 0.500. The Labute approximate surface area is 127 Å². The summed E-state index contributed by atoms with van der Waals surface area (Å²) in [5.74, 6) is 3.30. The third-order valence-corrected chi connectivity index (χ3v) is 3.29. The van der Waals surface area contributed by atoms with E-state index in [1.54, 1.807) is 4.52 Å². The first-order chi connectivity index (χ1) is 10.6. The number of hydrogen-bond donors (Lipinski definition) is 1. The van der Waals surface area contributed by atoms with Crippen LogP contribution in [0.5, 0.6) is 0 Å². The van der Waals surface area contributed by atoms with E-state index in [0.29, 0.717) is 11.8 Å². The van der Waals surface area contributed by atoms with Crippen molar-refractivity contribution < 1.29 is 4.52 Å². The summed E-state index contributed by atoms with van der Waals surface area (Å²) in [7, 11) is 0. The molecule has 3 heterocycles. The molecule has 8 nitrogen and oxygen atoms in total. The van der Waals surface area contributed by atoms with Gasteiger partial charge in [0.05, 0.1) is 0 Å². The Balaban J connectivity index is 1.52. The lowest BCUT2D eigenvalue weighted by atomic mass is 10.2. The fourth-order valence-corrected chi connectivity index (χ4v) is 2.05. The Bertz CT molecular complexity index is 761. The van der Waals surface area contributed by atoms with Gasteiger partial charge in [-0.1, -0.05) is 19.0 Å². The van der Waals surface area contributed by atoms with E-state index < -0.39 is 0 Å². The number of hydrogen-bond acceptors (Lipinski definition) is 7. The molecule has 0 radical (unpaired) electrons. The highest BCUT2D eigenvalue weighted by molar-refractivity contribution is 5.43. The van der Waals surface area contributed by atoms with E-state index >= 15 is 0 Å². The summed E-state index contributed by atoms with van der Waals surface area (Å²) in [6.45, 7) is 6.74. The van der Waals surface area contributed by atoms with E-state index in [1.807, 2.05) is 32.9 Å². The van der Waals surface area contributed by atoms with Crippen LogP contribution in [0.15, 0.2) is 16.7 Å². The highest BCUT2D eigenvalue weighted by Gasteiger charge is 2.09. The second-order valence-electron chi connectivity index (χ2n) is 5.47. The van der Waals surface area contributed by atoms with Crippen molar-refractivity contribution in [3.63, 3.8) is 0 Å². The zero-order valence-corrected chi connectivity index (χ0v) is 12.9. The smallest absolute Gasteiger partial charge is 0.226 e. The fourth-order valence-electron chi connectivity index (χ4n) is 2.05. The quantitative estimate of drug-likeness (QED) is 0.696. The topological polar surface area (TPSA) is 94.0 Å². The Hall–Kier alpha value is -2.51. The second-order valence-corrected chi connectivity index (χ2v) is 5.47. The Kier molecular flexibility index (Phi) is 3.99. The van der Waals surface area contributed by atoms with Crippen LogP contribution in [0.4, 0.5) is 5.82 Å². The molecule has 116 valence electrons. The molecule has 0 bridgehead atoms. The predicted molar refractivity (Wildman–Crippen MR) is 80.7 cm³/mol. The van der Waals surface area contributed by atoms with Crippen molar-refractivity contribution in [3.05, 3.63) is 29.7 Å². The normalized spacial score (nSPS) is 11.5. The molecule has 0 atom stereocenters. The van der Waals surface area contributed by atoms with Crippen LogP contribution in [0.1, 0.15) is 43.7 Å². The summed E-state index contributed by atoms with van der Waals surface area (Å²) in [5.41, 5.74) is 0.745. The van der Waals surface area contributed by atoms with Crippen molar-refractivity contribution in [2.75, 3.05) is 11.9 Å². The van der Waals surface area contributed by atoms with Crippen LogP contribution < -0.4 is 5.32 Å². The molecule has 0 aliphatic rings. The molecule has 22 heavy (non-hydrogen) atoms. The first-order valence-electron chi connectivity index (χ1n) is 7.39. The van der Waals surface area contributed by atoms with Gasteiger partial charge in [-0.3, -0.25) is 0 Å². The van der Waals surface area contributed by atoms with Gasteiger partial charge in [-0.25, -0.2) is 0 Å². The summed E-state index contributed by atoms with van der Waals surface area (Å²) < 4.78 is 6.93. The van der Waals surface area contributed by atoms with E-state index in [4.69, 9.17) is 4.52 Å². The second kappa shape index (κ2) is 6.08. The minimum atomic E-state index is 0.290. The standard InChI is InChI=1S/C14H19N7O/c1-9(2)14-16-13(22-20-14)5-4-8-15-11-6-7-12-18-17-10(3)21(12)19-11/h6-7,9H,4-5,8H2,1-3H3,(H,15,19). The van der Waals surface area contributed by atoms with Gasteiger partial charge in [-0.2, -0.15) is 9.50 Å². The van der Waals surface area contributed by atoms with Crippen LogP contribution in [-0.4, -0.2) is 36.5 Å². The number of aryl methyl sites for hydroxylation is 2. The molecular weight excluding hydrogens is 282 g/mol. The largest absolute Gasteiger partial charge is 0.369 e. The van der Waals surface area contributed by atoms with Crippen molar-refractivity contribution in [2.45, 2.75) is 39.5 Å². The van der Waals surface area contributed by atoms with Crippen LogP contribution in [0, 0.1) is 6.92 Å². The summed E-state index contributed by atoms with van der Waals surface area (Å²) in [6, 6.07) is 3.79. The summed E-state index contributed by atoms with van der Waals surface area (Å²) >= 11 is 0. The van der Waals surface area contributed by atoms with Gasteiger partial charge in [0.2, 0.25) is 5.89 Å². The molecular formula is C14H19N7O. The van der Waals surface area contributed by atoms with Gasteiger partial charge < -0.3 is 9.84 Å². The van der Waals surface area contributed by atoms with Crippen LogP contribution in [0.2, 0.25) is 0 Å². The summed E-state index contributed by atoms with van der Waals surface area (Å²) in [6.07, 6.45) is 1.64. The number of fused-ring (bicyclic) bond motifs is 1. The Morgan fingerprint density at radius 2 is 2.14 bits per heavy atom. The minimum Gasteiger partial charge on any atom is -0.369 e. The predicted octanol–water partition coefficient (Wildman–Crippen LogP) is 1.98. The van der Waals surface area contributed by atoms with Crippen molar-refractivity contribution in [3.8, 4) is 0 Å². The number of aromatic nitrogens is 6. The Morgan fingerprint density at radius 3 is 2.91 bits per heavy atom. The molecule has 0 amide bonds. The zero-order valence-electron chi connectivity index (χ0n) is 12.9. The van der Waals surface area contributed by atoms with Gasteiger partial charge in [0.15, 0.2) is 17.3 Å². The molecule has 0 spiro atoms. The monoisotopic (exact) mass is 301 g/mol. The molecule has 3 aromatic rings. The molecule has 0 saturated heterocycles. The number of anilines is 1. The molecule has 0 aromatic carbocycles. The highest BCUT2D eigenvalue weighted by Crippen LogP contribution is 2.11. The molecule has 0 unspecified atom stereocenters. The van der Waals surface area contributed by atoms with Gasteiger partial charge in [0.25, 0.3) is 0 Å². The maximum atomic E-state index is 5.22. The number of nitrogens with one attached hydrogen (secondary N) is 1. The third-order valence-electron chi connectivity index (χ3n) is 3.29. The van der Waals surface area contributed by atoms with Crippen LogP contribution in [-0.2, 0) is 6.42 Å². The van der Waals surface area contributed by atoms with Crippen molar-refractivity contribution >= 4 is 11.5 Å². The molecule has 0 aliphatic carbocycles. The SMILES string of the molecule is Cc1nnc2ccc(NCCCc3nc(C(C)C)no3)nn12. The van der Waals surface area contributed by atoms with Gasteiger partial charge in [-0.15, -0.1) is 15.3 Å². The first kappa shape index (κ1) is 14.4. The van der Waals surface area contributed by atoms with E-state index in [2.05, 4.69) is 30.8 Å². The molecule has 1 N–H and O–H groups in total. The molecule has 0 fully saturated rings. The average molecular weight is 301 g/mol. The van der Waals surface area contributed by atoms with E-state index in [9.17, 15) is 0 Å². The highest BCUT2D eigenvalue weighted by atomic mass is 16.5. The van der Waals surface area contributed by atoms with Gasteiger partial charge in [0.1, 0.15) is 5.82 Å². The minimum absolute atomic E-state index is 0.290. The summed E-state index contributed by atoms with van der Waals surface area (Å²) in [5, 5.41) is 19.7. The molecule has 8 heteroatoms. The maximum absolute atomic E-state index is 5.22. The van der Waals surface area contributed by atoms with Gasteiger partial charge in [0, 0.05) is 18.9 Å². The maximum Gasteiger partial charge on any atom is 0.226 e. The Morgan fingerprint density at radius 1 is 1.27 bits per heavy atom. The zero-order chi connectivity index (χ0) is 15.5. The van der Waals surface area contributed by atoms with Crippen LogP contribution >= 0.6 is 0 Å². The third kappa shape index (κ3) is 3.05. The first-order valence-corrected chi connectivity index (χ1v) is 7.39. The molecule has 0 saturated carbocycles. The van der Waals surface area contributed by atoms with Crippen molar-refractivity contribution in [2.24, 2.45) is 0 Å².